The number of phenolic OH excluding ortho intramolecular Hbond substituents is 1. The number of anilines is 2. The molecule has 0 spiro atoms. The quantitative estimate of drug-likeness (QED) is 0.867. The van der Waals surface area contributed by atoms with Crippen LogP contribution < -0.4 is 10.2 Å². The zero-order chi connectivity index (χ0) is 18.5. The molecule has 1 atom stereocenters. The van der Waals surface area contributed by atoms with Gasteiger partial charge in [-0.2, -0.15) is 0 Å². The lowest BCUT2D eigenvalue weighted by Crippen LogP contribution is -2.52. The third-order valence-corrected chi connectivity index (χ3v) is 5.09. The first-order valence-electron chi connectivity index (χ1n) is 9.25. The van der Waals surface area contributed by atoms with Gasteiger partial charge in [0, 0.05) is 31.9 Å². The molecule has 0 radical (unpaired) electrons. The highest BCUT2D eigenvalue weighted by molar-refractivity contribution is 5.94. The molecule has 0 saturated carbocycles. The number of para-hydroxylation sites is 2. The van der Waals surface area contributed by atoms with E-state index in [0.29, 0.717) is 5.75 Å². The number of rotatable bonds is 5. The van der Waals surface area contributed by atoms with Gasteiger partial charge in [0.2, 0.25) is 5.91 Å². The molecule has 1 aliphatic rings. The molecule has 1 fully saturated rings. The molecule has 2 N–H and O–H groups in total. The highest BCUT2D eigenvalue weighted by Crippen LogP contribution is 2.27. The zero-order valence-electron chi connectivity index (χ0n) is 15.5. The molecule has 2 aromatic carbocycles. The van der Waals surface area contributed by atoms with Gasteiger partial charge in [-0.05, 0) is 43.2 Å². The molecule has 1 unspecified atom stereocenters. The van der Waals surface area contributed by atoms with Crippen LogP contribution in [-0.2, 0) is 11.2 Å². The molecule has 1 amide bonds. The molecule has 5 heteroatoms. The number of carbonyl (C=O) groups is 1. The highest BCUT2D eigenvalue weighted by Gasteiger charge is 2.26. The Morgan fingerprint density at radius 2 is 1.73 bits per heavy atom. The average molecular weight is 353 g/mol. The molecule has 2 aromatic rings. The topological polar surface area (TPSA) is 55.8 Å². The number of hydrogen-bond donors (Lipinski definition) is 2. The fourth-order valence-electron chi connectivity index (χ4n) is 3.32. The Morgan fingerprint density at radius 3 is 2.35 bits per heavy atom. The van der Waals surface area contributed by atoms with Gasteiger partial charge in [-0.25, -0.2) is 0 Å². The summed E-state index contributed by atoms with van der Waals surface area (Å²) in [5.74, 6) is 0.326. The van der Waals surface area contributed by atoms with Gasteiger partial charge in [0.05, 0.1) is 11.7 Å². The van der Waals surface area contributed by atoms with Crippen LogP contribution in [-0.4, -0.2) is 48.1 Å². The second kappa shape index (κ2) is 8.23. The Hall–Kier alpha value is -2.53. The predicted molar refractivity (Wildman–Crippen MR) is 106 cm³/mol. The zero-order valence-corrected chi connectivity index (χ0v) is 15.5. The summed E-state index contributed by atoms with van der Waals surface area (Å²) in [6, 6.07) is 15.2. The van der Waals surface area contributed by atoms with Crippen molar-refractivity contribution in [3.05, 3.63) is 54.1 Å². The number of hydrogen-bond acceptors (Lipinski definition) is 4. The van der Waals surface area contributed by atoms with Crippen LogP contribution in [0.2, 0.25) is 0 Å². The number of nitrogens with zero attached hydrogens (tertiary/aromatic N) is 2. The standard InChI is InChI=1S/C21H27N3O2/c1-3-17-8-10-18(11-9-17)22-21(26)16(2)23-12-14-24(15-13-23)19-6-4-5-7-20(19)25/h4-11,16,25H,3,12-15H2,1-2H3,(H,22,26). The maximum atomic E-state index is 12.6. The monoisotopic (exact) mass is 353 g/mol. The fourth-order valence-corrected chi connectivity index (χ4v) is 3.32. The molecular weight excluding hydrogens is 326 g/mol. The molecule has 0 bridgehead atoms. The number of phenols is 1. The summed E-state index contributed by atoms with van der Waals surface area (Å²) in [5, 5.41) is 13.0. The molecule has 1 heterocycles. The minimum atomic E-state index is -0.188. The largest absolute Gasteiger partial charge is 0.506 e. The van der Waals surface area contributed by atoms with E-state index in [1.54, 1.807) is 6.07 Å². The third-order valence-electron chi connectivity index (χ3n) is 5.09. The molecule has 1 saturated heterocycles. The lowest BCUT2D eigenvalue weighted by Gasteiger charge is -2.38. The highest BCUT2D eigenvalue weighted by atomic mass is 16.3. The van der Waals surface area contributed by atoms with Gasteiger partial charge in [0.15, 0.2) is 0 Å². The van der Waals surface area contributed by atoms with Gasteiger partial charge in [0.25, 0.3) is 0 Å². The van der Waals surface area contributed by atoms with Crippen LogP contribution in [0.4, 0.5) is 11.4 Å². The van der Waals surface area contributed by atoms with Crippen molar-refractivity contribution in [1.29, 1.82) is 0 Å². The van der Waals surface area contributed by atoms with Gasteiger partial charge in [0.1, 0.15) is 5.75 Å². The van der Waals surface area contributed by atoms with Crippen molar-refractivity contribution in [3.8, 4) is 5.75 Å². The fraction of sp³-hybridized carbons (Fsp3) is 0.381. The summed E-state index contributed by atoms with van der Waals surface area (Å²) in [6.45, 7) is 7.23. The SMILES string of the molecule is CCc1ccc(NC(=O)C(C)N2CCN(c3ccccc3O)CC2)cc1. The van der Waals surface area contributed by atoms with Crippen molar-refractivity contribution < 1.29 is 9.90 Å². The van der Waals surface area contributed by atoms with E-state index in [9.17, 15) is 9.90 Å². The Kier molecular flexibility index (Phi) is 5.78. The summed E-state index contributed by atoms with van der Waals surface area (Å²) in [6.07, 6.45) is 0.992. The number of carbonyl (C=O) groups excluding carboxylic acids is 1. The maximum Gasteiger partial charge on any atom is 0.241 e. The smallest absolute Gasteiger partial charge is 0.241 e. The van der Waals surface area contributed by atoms with Crippen LogP contribution in [0.25, 0.3) is 0 Å². The van der Waals surface area contributed by atoms with E-state index in [1.807, 2.05) is 49.4 Å². The van der Waals surface area contributed by atoms with Crippen LogP contribution in [0, 0.1) is 0 Å². The van der Waals surface area contributed by atoms with Gasteiger partial charge in [-0.15, -0.1) is 0 Å². The minimum Gasteiger partial charge on any atom is -0.506 e. The van der Waals surface area contributed by atoms with E-state index in [4.69, 9.17) is 0 Å². The van der Waals surface area contributed by atoms with E-state index >= 15 is 0 Å². The van der Waals surface area contributed by atoms with Crippen LogP contribution in [0.5, 0.6) is 5.75 Å². The first-order chi connectivity index (χ1) is 12.6. The Bertz CT molecular complexity index is 737. The normalized spacial score (nSPS) is 16.3. The summed E-state index contributed by atoms with van der Waals surface area (Å²) in [5.41, 5.74) is 2.96. The van der Waals surface area contributed by atoms with Gasteiger partial charge < -0.3 is 15.3 Å². The molecule has 26 heavy (non-hydrogen) atoms. The Morgan fingerprint density at radius 1 is 1.08 bits per heavy atom. The number of piperazine rings is 1. The second-order valence-electron chi connectivity index (χ2n) is 6.73. The summed E-state index contributed by atoms with van der Waals surface area (Å²) in [4.78, 5) is 16.9. The second-order valence-corrected chi connectivity index (χ2v) is 6.73. The number of aryl methyl sites for hydroxylation is 1. The molecular formula is C21H27N3O2. The first-order valence-corrected chi connectivity index (χ1v) is 9.25. The van der Waals surface area contributed by atoms with Gasteiger partial charge >= 0.3 is 0 Å². The van der Waals surface area contributed by atoms with Crippen molar-refractivity contribution in [1.82, 2.24) is 4.90 Å². The van der Waals surface area contributed by atoms with Crippen molar-refractivity contribution in [3.63, 3.8) is 0 Å². The molecule has 0 aromatic heterocycles. The summed E-state index contributed by atoms with van der Waals surface area (Å²) >= 11 is 0. The average Bonchev–Trinajstić information content (AvgIpc) is 2.68. The third kappa shape index (κ3) is 4.17. The van der Waals surface area contributed by atoms with Crippen molar-refractivity contribution in [2.75, 3.05) is 36.4 Å². The molecule has 1 aliphatic heterocycles. The minimum absolute atomic E-state index is 0.0188. The van der Waals surface area contributed by atoms with E-state index in [1.165, 1.54) is 5.56 Å². The molecule has 5 nitrogen and oxygen atoms in total. The maximum absolute atomic E-state index is 12.6. The number of benzene rings is 2. The van der Waals surface area contributed by atoms with Gasteiger partial charge in [-0.1, -0.05) is 31.2 Å². The lowest BCUT2D eigenvalue weighted by molar-refractivity contribution is -0.120. The van der Waals surface area contributed by atoms with Crippen LogP contribution >= 0.6 is 0 Å². The first kappa shape index (κ1) is 18.3. The Balaban J connectivity index is 1.54. The Labute approximate surface area is 155 Å². The molecule has 138 valence electrons. The van der Waals surface area contributed by atoms with E-state index in [-0.39, 0.29) is 11.9 Å². The van der Waals surface area contributed by atoms with Crippen LogP contribution in [0.15, 0.2) is 48.5 Å². The number of nitrogens with one attached hydrogen (secondary N) is 1. The van der Waals surface area contributed by atoms with E-state index in [2.05, 4.69) is 22.0 Å². The molecule has 0 aliphatic carbocycles. The van der Waals surface area contributed by atoms with Crippen molar-refractivity contribution >= 4 is 17.3 Å². The predicted octanol–water partition coefficient (Wildman–Crippen LogP) is 3.10. The van der Waals surface area contributed by atoms with E-state index < -0.39 is 0 Å². The van der Waals surface area contributed by atoms with Gasteiger partial charge in [-0.3, -0.25) is 9.69 Å². The van der Waals surface area contributed by atoms with E-state index in [0.717, 1.165) is 44.0 Å². The van der Waals surface area contributed by atoms with Crippen LogP contribution in [0.3, 0.4) is 0 Å². The molecule has 3 rings (SSSR count). The summed E-state index contributed by atoms with van der Waals surface area (Å²) in [7, 11) is 0. The van der Waals surface area contributed by atoms with Crippen molar-refractivity contribution in [2.45, 2.75) is 26.3 Å². The number of aromatic hydroxyl groups is 1. The lowest BCUT2D eigenvalue weighted by atomic mass is 10.1. The summed E-state index contributed by atoms with van der Waals surface area (Å²) < 4.78 is 0. The van der Waals surface area contributed by atoms with Crippen molar-refractivity contribution in [2.24, 2.45) is 0 Å². The number of amides is 1. The van der Waals surface area contributed by atoms with Crippen LogP contribution in [0.1, 0.15) is 19.4 Å².